The first kappa shape index (κ1) is 16.9. The number of benzene rings is 3. The molecule has 126 valence electrons. The summed E-state index contributed by atoms with van der Waals surface area (Å²) in [7, 11) is -4.15. The van der Waals surface area contributed by atoms with Gasteiger partial charge in [-0.3, -0.25) is 4.79 Å². The summed E-state index contributed by atoms with van der Waals surface area (Å²) in [6.45, 7) is 0. The van der Waals surface area contributed by atoms with E-state index in [1.807, 2.05) is 0 Å². The Morgan fingerprint density at radius 2 is 1.40 bits per heavy atom. The molecule has 0 heterocycles. The lowest BCUT2D eigenvalue weighted by molar-refractivity contribution is 0.100. The Labute approximate surface area is 145 Å². The van der Waals surface area contributed by atoms with Gasteiger partial charge in [0.15, 0.2) is 0 Å². The van der Waals surface area contributed by atoms with Crippen LogP contribution in [0.2, 0.25) is 0 Å². The van der Waals surface area contributed by atoms with E-state index in [0.717, 1.165) is 6.07 Å². The second-order valence-electron chi connectivity index (χ2n) is 5.23. The van der Waals surface area contributed by atoms with Crippen LogP contribution in [0.15, 0.2) is 89.8 Å². The normalized spacial score (nSPS) is 11.1. The number of nitrogens with zero attached hydrogens (tertiary/aromatic N) is 1. The lowest BCUT2D eigenvalue weighted by Gasteiger charge is -2.22. The van der Waals surface area contributed by atoms with Crippen LogP contribution in [0.4, 0.5) is 10.1 Å². The number of rotatable bonds is 4. The third-order valence-corrected chi connectivity index (χ3v) is 5.25. The maximum atomic E-state index is 13.5. The largest absolute Gasteiger partial charge is 0.272 e. The van der Waals surface area contributed by atoms with Crippen LogP contribution in [0, 0.1) is 5.82 Å². The van der Waals surface area contributed by atoms with Gasteiger partial charge in [-0.25, -0.2) is 12.8 Å². The number of carbonyl (C=O) groups is 1. The lowest BCUT2D eigenvalue weighted by Crippen LogP contribution is -2.37. The Morgan fingerprint density at radius 3 is 2.00 bits per heavy atom. The summed E-state index contributed by atoms with van der Waals surface area (Å²) in [6.07, 6.45) is 0. The topological polar surface area (TPSA) is 54.5 Å². The Morgan fingerprint density at radius 1 is 0.800 bits per heavy atom. The van der Waals surface area contributed by atoms with Crippen molar-refractivity contribution < 1.29 is 17.6 Å². The SMILES string of the molecule is O=C(c1cccc(F)c1)N(c1ccccc1)S(=O)(=O)c1ccccc1. The fourth-order valence-electron chi connectivity index (χ4n) is 2.37. The zero-order chi connectivity index (χ0) is 17.9. The Hall–Kier alpha value is -2.99. The van der Waals surface area contributed by atoms with Crippen LogP contribution in [-0.2, 0) is 10.0 Å². The first-order chi connectivity index (χ1) is 12.0. The Bertz CT molecular complexity index is 989. The summed E-state index contributed by atoms with van der Waals surface area (Å²) in [4.78, 5) is 12.9. The number of para-hydroxylation sites is 1. The first-order valence-electron chi connectivity index (χ1n) is 7.45. The molecule has 3 rings (SSSR count). The van der Waals surface area contributed by atoms with Crippen molar-refractivity contribution in [2.45, 2.75) is 4.90 Å². The highest BCUT2D eigenvalue weighted by atomic mass is 32.2. The van der Waals surface area contributed by atoms with Crippen molar-refractivity contribution in [3.8, 4) is 0 Å². The van der Waals surface area contributed by atoms with Gasteiger partial charge in [0.2, 0.25) is 0 Å². The van der Waals surface area contributed by atoms with E-state index in [4.69, 9.17) is 0 Å². The Balaban J connectivity index is 2.16. The molecule has 6 heteroatoms. The minimum absolute atomic E-state index is 0.0244. The summed E-state index contributed by atoms with van der Waals surface area (Å²) >= 11 is 0. The number of carbonyl (C=O) groups excluding carboxylic acids is 1. The van der Waals surface area contributed by atoms with Gasteiger partial charge in [-0.2, -0.15) is 4.31 Å². The van der Waals surface area contributed by atoms with Crippen LogP contribution in [0.25, 0.3) is 0 Å². The molecule has 0 aliphatic carbocycles. The van der Waals surface area contributed by atoms with Crippen LogP contribution < -0.4 is 4.31 Å². The van der Waals surface area contributed by atoms with Gasteiger partial charge < -0.3 is 0 Å². The van der Waals surface area contributed by atoms with Gasteiger partial charge >= 0.3 is 0 Å². The first-order valence-corrected chi connectivity index (χ1v) is 8.89. The van der Waals surface area contributed by atoms with Crippen LogP contribution in [0.5, 0.6) is 0 Å². The summed E-state index contributed by atoms with van der Waals surface area (Å²) in [5.41, 5.74) is 0.129. The van der Waals surface area contributed by atoms with Crippen LogP contribution >= 0.6 is 0 Å². The number of anilines is 1. The smallest absolute Gasteiger partial charge is 0.268 e. The molecule has 0 aliphatic rings. The number of hydrogen-bond donors (Lipinski definition) is 0. The highest BCUT2D eigenvalue weighted by molar-refractivity contribution is 7.93. The monoisotopic (exact) mass is 355 g/mol. The van der Waals surface area contributed by atoms with Gasteiger partial charge in [-0.15, -0.1) is 0 Å². The lowest BCUT2D eigenvalue weighted by atomic mass is 10.2. The molecule has 0 bridgehead atoms. The van der Waals surface area contributed by atoms with Crippen molar-refractivity contribution in [1.82, 2.24) is 0 Å². The van der Waals surface area contributed by atoms with Crippen LogP contribution in [0.1, 0.15) is 10.4 Å². The molecule has 3 aromatic rings. The molecular formula is C19H14FNO3S. The van der Waals surface area contributed by atoms with Gasteiger partial charge in [0.25, 0.3) is 15.9 Å². The van der Waals surface area contributed by atoms with E-state index in [9.17, 15) is 17.6 Å². The average molecular weight is 355 g/mol. The highest BCUT2D eigenvalue weighted by Crippen LogP contribution is 2.25. The molecule has 0 saturated carbocycles. The second kappa shape index (κ2) is 6.86. The van der Waals surface area contributed by atoms with Crippen molar-refractivity contribution >= 4 is 21.6 Å². The molecule has 0 unspecified atom stereocenters. The third kappa shape index (κ3) is 3.44. The minimum Gasteiger partial charge on any atom is -0.268 e. The van der Waals surface area contributed by atoms with Crippen molar-refractivity contribution in [3.63, 3.8) is 0 Å². The van der Waals surface area contributed by atoms with E-state index in [1.54, 1.807) is 36.4 Å². The summed E-state index contributed by atoms with van der Waals surface area (Å²) in [6, 6.07) is 20.6. The van der Waals surface area contributed by atoms with E-state index in [-0.39, 0.29) is 16.1 Å². The second-order valence-corrected chi connectivity index (χ2v) is 7.02. The molecule has 0 spiro atoms. The van der Waals surface area contributed by atoms with Gasteiger partial charge in [0.1, 0.15) is 5.82 Å². The molecule has 0 N–H and O–H groups in total. The molecule has 0 atom stereocenters. The van der Waals surface area contributed by atoms with E-state index in [2.05, 4.69) is 0 Å². The predicted octanol–water partition coefficient (Wildman–Crippen LogP) is 3.86. The molecule has 3 aromatic carbocycles. The molecule has 0 radical (unpaired) electrons. The number of amides is 1. The molecule has 25 heavy (non-hydrogen) atoms. The van der Waals surface area contributed by atoms with Crippen molar-refractivity contribution in [2.75, 3.05) is 4.31 Å². The standard InChI is InChI=1S/C19H14FNO3S/c20-16-9-7-8-15(14-16)19(22)21(17-10-3-1-4-11-17)25(23,24)18-12-5-2-6-13-18/h1-14H. The molecule has 4 nitrogen and oxygen atoms in total. The van der Waals surface area contributed by atoms with Gasteiger partial charge in [0.05, 0.1) is 10.6 Å². The number of halogens is 1. The van der Waals surface area contributed by atoms with Crippen LogP contribution in [-0.4, -0.2) is 14.3 Å². The Kier molecular flexibility index (Phi) is 4.63. The van der Waals surface area contributed by atoms with Crippen molar-refractivity contribution in [2.24, 2.45) is 0 Å². The summed E-state index contributed by atoms with van der Waals surface area (Å²) in [5.74, 6) is -1.44. The molecule has 1 amide bonds. The van der Waals surface area contributed by atoms with E-state index < -0.39 is 21.7 Å². The summed E-state index contributed by atoms with van der Waals surface area (Å²) < 4.78 is 40.3. The van der Waals surface area contributed by atoms with Crippen molar-refractivity contribution in [3.05, 3.63) is 96.3 Å². The van der Waals surface area contributed by atoms with Gasteiger partial charge in [-0.05, 0) is 42.5 Å². The van der Waals surface area contributed by atoms with Gasteiger partial charge in [-0.1, -0.05) is 42.5 Å². The van der Waals surface area contributed by atoms with E-state index in [1.165, 1.54) is 42.5 Å². The molecule has 0 aliphatic heterocycles. The number of hydrogen-bond acceptors (Lipinski definition) is 3. The van der Waals surface area contributed by atoms with Crippen molar-refractivity contribution in [1.29, 1.82) is 0 Å². The molecule has 0 fully saturated rings. The van der Waals surface area contributed by atoms with E-state index >= 15 is 0 Å². The average Bonchev–Trinajstić information content (AvgIpc) is 2.63. The van der Waals surface area contributed by atoms with Gasteiger partial charge in [0, 0.05) is 5.56 Å². The fraction of sp³-hybridized carbons (Fsp3) is 0. The fourth-order valence-corrected chi connectivity index (χ4v) is 3.80. The zero-order valence-electron chi connectivity index (χ0n) is 13.0. The quantitative estimate of drug-likeness (QED) is 0.714. The molecule has 0 saturated heterocycles. The zero-order valence-corrected chi connectivity index (χ0v) is 13.9. The molecule has 0 aromatic heterocycles. The highest BCUT2D eigenvalue weighted by Gasteiger charge is 2.31. The summed E-state index contributed by atoms with van der Waals surface area (Å²) in [5, 5.41) is 0. The number of sulfonamides is 1. The maximum Gasteiger partial charge on any atom is 0.272 e. The third-order valence-electron chi connectivity index (χ3n) is 3.53. The van der Waals surface area contributed by atoms with E-state index in [0.29, 0.717) is 4.31 Å². The minimum atomic E-state index is -4.15. The maximum absolute atomic E-state index is 13.5. The molecular weight excluding hydrogens is 341 g/mol. The van der Waals surface area contributed by atoms with Crippen LogP contribution in [0.3, 0.4) is 0 Å². The predicted molar refractivity (Wildman–Crippen MR) is 93.3 cm³/mol.